The second-order valence-corrected chi connectivity index (χ2v) is 4.56. The fourth-order valence-corrected chi connectivity index (χ4v) is 2.40. The van der Waals surface area contributed by atoms with Crippen molar-refractivity contribution in [3.63, 3.8) is 0 Å². The summed E-state index contributed by atoms with van der Waals surface area (Å²) < 4.78 is 4.91. The maximum absolute atomic E-state index is 9.63. The van der Waals surface area contributed by atoms with Crippen molar-refractivity contribution in [3.05, 3.63) is 0 Å². The van der Waals surface area contributed by atoms with E-state index < -0.39 is 6.10 Å². The van der Waals surface area contributed by atoms with Crippen molar-refractivity contribution in [2.24, 2.45) is 5.73 Å². The summed E-state index contributed by atoms with van der Waals surface area (Å²) in [5.41, 5.74) is 6.08. The molecule has 1 saturated carbocycles. The van der Waals surface area contributed by atoms with Gasteiger partial charge in [0.05, 0.1) is 12.7 Å². The van der Waals surface area contributed by atoms with Crippen LogP contribution in [0, 0.1) is 0 Å². The molecule has 1 aliphatic carbocycles. The number of nitrogens with zero attached hydrogens (tertiary/aromatic N) is 1. The molecule has 15 heavy (non-hydrogen) atoms. The predicted octanol–water partition coefficient (Wildman–Crippen LogP) is 0.195. The monoisotopic (exact) mass is 216 g/mol. The Morgan fingerprint density at radius 3 is 2.73 bits per heavy atom. The Kier molecular flexibility index (Phi) is 5.53. The molecule has 3 unspecified atom stereocenters. The van der Waals surface area contributed by atoms with Crippen LogP contribution in [0.4, 0.5) is 0 Å². The predicted molar refractivity (Wildman–Crippen MR) is 60.7 cm³/mol. The van der Waals surface area contributed by atoms with Gasteiger partial charge in [0.1, 0.15) is 0 Å². The Morgan fingerprint density at radius 1 is 1.47 bits per heavy atom. The molecule has 90 valence electrons. The number of ether oxygens (including phenoxy) is 1. The van der Waals surface area contributed by atoms with Crippen LogP contribution in [0.3, 0.4) is 0 Å². The summed E-state index contributed by atoms with van der Waals surface area (Å²) in [5, 5.41) is 9.63. The summed E-state index contributed by atoms with van der Waals surface area (Å²) in [6.45, 7) is 1.04. The maximum Gasteiger partial charge on any atom is 0.0900 e. The van der Waals surface area contributed by atoms with E-state index in [4.69, 9.17) is 10.5 Å². The molecule has 0 amide bonds. The zero-order chi connectivity index (χ0) is 11.3. The van der Waals surface area contributed by atoms with Crippen LogP contribution in [0.15, 0.2) is 0 Å². The van der Waals surface area contributed by atoms with Crippen molar-refractivity contribution in [3.8, 4) is 0 Å². The van der Waals surface area contributed by atoms with Crippen LogP contribution >= 0.6 is 0 Å². The third-order valence-electron chi connectivity index (χ3n) is 3.21. The third-order valence-corrected chi connectivity index (χ3v) is 3.21. The van der Waals surface area contributed by atoms with E-state index in [1.807, 2.05) is 7.05 Å². The molecule has 0 bridgehead atoms. The van der Waals surface area contributed by atoms with E-state index in [0.29, 0.717) is 19.2 Å². The molecule has 0 aliphatic heterocycles. The highest BCUT2D eigenvalue weighted by atomic mass is 16.5. The lowest BCUT2D eigenvalue weighted by Crippen LogP contribution is -2.50. The molecule has 0 aromatic heterocycles. The van der Waals surface area contributed by atoms with E-state index in [-0.39, 0.29) is 6.04 Å². The van der Waals surface area contributed by atoms with Crippen LogP contribution in [-0.4, -0.2) is 55.5 Å². The molecule has 3 atom stereocenters. The minimum absolute atomic E-state index is 0.262. The summed E-state index contributed by atoms with van der Waals surface area (Å²) in [6.07, 6.45) is 4.34. The summed E-state index contributed by atoms with van der Waals surface area (Å²) in [5.74, 6) is 0. The van der Waals surface area contributed by atoms with Crippen molar-refractivity contribution in [1.82, 2.24) is 4.90 Å². The number of aliphatic hydroxyl groups is 1. The van der Waals surface area contributed by atoms with Crippen LogP contribution < -0.4 is 5.73 Å². The van der Waals surface area contributed by atoms with Gasteiger partial charge in [-0.25, -0.2) is 0 Å². The highest BCUT2D eigenvalue weighted by molar-refractivity contribution is 4.85. The quantitative estimate of drug-likeness (QED) is 0.689. The Balaban J connectivity index is 2.34. The van der Waals surface area contributed by atoms with Crippen LogP contribution in [0.2, 0.25) is 0 Å². The van der Waals surface area contributed by atoms with Gasteiger partial charge in [-0.15, -0.1) is 0 Å². The molecule has 0 saturated heterocycles. The van der Waals surface area contributed by atoms with E-state index in [0.717, 1.165) is 12.8 Å². The molecule has 4 nitrogen and oxygen atoms in total. The summed E-state index contributed by atoms with van der Waals surface area (Å²) in [7, 11) is 3.64. The number of hydrogen-bond acceptors (Lipinski definition) is 4. The molecule has 3 N–H and O–H groups in total. The van der Waals surface area contributed by atoms with E-state index in [2.05, 4.69) is 4.90 Å². The first-order valence-electron chi connectivity index (χ1n) is 5.78. The molecule has 0 spiro atoms. The smallest absolute Gasteiger partial charge is 0.0900 e. The zero-order valence-corrected chi connectivity index (χ0v) is 9.85. The zero-order valence-electron chi connectivity index (χ0n) is 9.85. The van der Waals surface area contributed by atoms with Crippen LogP contribution in [-0.2, 0) is 4.74 Å². The van der Waals surface area contributed by atoms with Gasteiger partial charge < -0.3 is 15.6 Å². The number of rotatable bonds is 5. The van der Waals surface area contributed by atoms with Gasteiger partial charge in [0.15, 0.2) is 0 Å². The Morgan fingerprint density at radius 2 is 2.13 bits per heavy atom. The van der Waals surface area contributed by atoms with Crippen LogP contribution in [0.25, 0.3) is 0 Å². The number of methoxy groups -OCH3 is 1. The lowest BCUT2D eigenvalue weighted by molar-refractivity contribution is 0.0271. The molecule has 1 aliphatic rings. The minimum atomic E-state index is -0.408. The van der Waals surface area contributed by atoms with Crippen molar-refractivity contribution >= 4 is 0 Å². The highest BCUT2D eigenvalue weighted by Crippen LogP contribution is 2.20. The SMILES string of the molecule is COCC(O)CN(C)C1CCCCC1N. The average molecular weight is 216 g/mol. The largest absolute Gasteiger partial charge is 0.389 e. The van der Waals surface area contributed by atoms with Crippen molar-refractivity contribution in [2.75, 3.05) is 27.3 Å². The molecular formula is C11H24N2O2. The van der Waals surface area contributed by atoms with Gasteiger partial charge in [-0.3, -0.25) is 4.90 Å². The van der Waals surface area contributed by atoms with Gasteiger partial charge >= 0.3 is 0 Å². The van der Waals surface area contributed by atoms with E-state index in [9.17, 15) is 5.11 Å². The van der Waals surface area contributed by atoms with Gasteiger partial charge in [-0.2, -0.15) is 0 Å². The van der Waals surface area contributed by atoms with Crippen LogP contribution in [0.5, 0.6) is 0 Å². The molecule has 0 aromatic carbocycles. The molecular weight excluding hydrogens is 192 g/mol. The molecule has 0 radical (unpaired) electrons. The van der Waals surface area contributed by atoms with Gasteiger partial charge in [0.25, 0.3) is 0 Å². The summed E-state index contributed by atoms with van der Waals surface area (Å²) in [4.78, 5) is 2.17. The van der Waals surface area contributed by atoms with Gasteiger partial charge in [0, 0.05) is 25.7 Å². The van der Waals surface area contributed by atoms with Gasteiger partial charge in [-0.1, -0.05) is 12.8 Å². The number of hydrogen-bond donors (Lipinski definition) is 2. The van der Waals surface area contributed by atoms with Crippen LogP contribution in [0.1, 0.15) is 25.7 Å². The van der Waals surface area contributed by atoms with E-state index >= 15 is 0 Å². The minimum Gasteiger partial charge on any atom is -0.389 e. The highest BCUT2D eigenvalue weighted by Gasteiger charge is 2.26. The lowest BCUT2D eigenvalue weighted by atomic mass is 9.90. The lowest BCUT2D eigenvalue weighted by Gasteiger charge is -2.36. The summed E-state index contributed by atoms with van der Waals surface area (Å²) in [6, 6.07) is 0.684. The first-order valence-corrected chi connectivity index (χ1v) is 5.78. The number of aliphatic hydroxyl groups excluding tert-OH is 1. The van der Waals surface area contributed by atoms with E-state index in [1.54, 1.807) is 7.11 Å². The van der Waals surface area contributed by atoms with Gasteiger partial charge in [-0.05, 0) is 19.9 Å². The molecule has 0 heterocycles. The Bertz CT molecular complexity index is 178. The maximum atomic E-state index is 9.63. The topological polar surface area (TPSA) is 58.7 Å². The normalized spacial score (nSPS) is 29.4. The van der Waals surface area contributed by atoms with Crippen molar-refractivity contribution < 1.29 is 9.84 Å². The first-order chi connectivity index (χ1) is 7.15. The second kappa shape index (κ2) is 6.43. The Labute approximate surface area is 92.4 Å². The molecule has 4 heteroatoms. The second-order valence-electron chi connectivity index (χ2n) is 4.56. The van der Waals surface area contributed by atoms with Gasteiger partial charge in [0.2, 0.25) is 0 Å². The van der Waals surface area contributed by atoms with Crippen molar-refractivity contribution in [2.45, 2.75) is 43.9 Å². The number of nitrogens with two attached hydrogens (primary N) is 1. The van der Waals surface area contributed by atoms with Crippen molar-refractivity contribution in [1.29, 1.82) is 0 Å². The average Bonchev–Trinajstić information content (AvgIpc) is 2.18. The fraction of sp³-hybridized carbons (Fsp3) is 1.00. The molecule has 1 fully saturated rings. The van der Waals surface area contributed by atoms with E-state index in [1.165, 1.54) is 12.8 Å². The fourth-order valence-electron chi connectivity index (χ4n) is 2.40. The Hall–Kier alpha value is -0.160. The first kappa shape index (κ1) is 12.9. The molecule has 1 rings (SSSR count). The number of likely N-dealkylation sites (N-methyl/N-ethyl adjacent to an activating group) is 1. The summed E-state index contributed by atoms with van der Waals surface area (Å²) >= 11 is 0. The standard InChI is InChI=1S/C11H24N2O2/c1-13(7-9(14)8-15-2)11-6-4-3-5-10(11)12/h9-11,14H,3-8,12H2,1-2H3. The molecule has 0 aromatic rings. The third kappa shape index (κ3) is 4.07.